The largest absolute Gasteiger partial charge is 0.509 e. The van der Waals surface area contributed by atoms with Gasteiger partial charge in [-0.1, -0.05) is 53.2 Å². The Morgan fingerprint density at radius 1 is 1.00 bits per heavy atom. The summed E-state index contributed by atoms with van der Waals surface area (Å²) in [5.41, 5.74) is 2.02. The maximum absolute atomic E-state index is 13.1. The lowest BCUT2D eigenvalue weighted by Gasteiger charge is -2.60. The monoisotopic (exact) mass is 532 g/mol. The van der Waals surface area contributed by atoms with Crippen LogP contribution in [0.25, 0.3) is 0 Å². The van der Waals surface area contributed by atoms with Gasteiger partial charge in [0.25, 0.3) is 0 Å². The van der Waals surface area contributed by atoms with E-state index in [1.807, 2.05) is 13.8 Å². The second kappa shape index (κ2) is 8.67. The van der Waals surface area contributed by atoms with Crippen LogP contribution in [0, 0.1) is 16.7 Å². The quantitative estimate of drug-likeness (QED) is 0.210. The summed E-state index contributed by atoms with van der Waals surface area (Å²) in [5.74, 6) is -0.739. The molecular weight excluding hydrogens is 484 g/mol. The van der Waals surface area contributed by atoms with Gasteiger partial charge < -0.3 is 23.4 Å². The highest BCUT2D eigenvalue weighted by Crippen LogP contribution is 2.66. The lowest BCUT2D eigenvalue weighted by Crippen LogP contribution is -2.68. The Hall–Kier alpha value is -1.15. The van der Waals surface area contributed by atoms with Crippen molar-refractivity contribution in [1.82, 2.24) is 0 Å². The van der Waals surface area contributed by atoms with E-state index in [9.17, 15) is 4.79 Å². The van der Waals surface area contributed by atoms with Gasteiger partial charge in [-0.05, 0) is 69.8 Å². The number of allylic oxidation sites excluding steroid dienone is 1. The Balaban J connectivity index is 1.78. The number of rotatable bonds is 5. The minimum Gasteiger partial charge on any atom is -0.426 e. The van der Waals surface area contributed by atoms with E-state index in [1.54, 1.807) is 0 Å². The molecule has 2 heterocycles. The van der Waals surface area contributed by atoms with Crippen LogP contribution in [0.3, 0.4) is 0 Å². The summed E-state index contributed by atoms with van der Waals surface area (Å²) in [5, 5.41) is 0. The van der Waals surface area contributed by atoms with E-state index in [-0.39, 0.29) is 29.6 Å². The van der Waals surface area contributed by atoms with Gasteiger partial charge in [0, 0.05) is 23.2 Å². The average molecular weight is 533 g/mol. The number of carbonyl (C=O) groups is 1. The Morgan fingerprint density at radius 3 is 2.27 bits per heavy atom. The first-order chi connectivity index (χ1) is 17.2. The van der Waals surface area contributed by atoms with Crippen LogP contribution in [0.15, 0.2) is 22.8 Å². The number of fused-ring (bicyclic) bond motifs is 6. The molecule has 0 aromatic heterocycles. The fraction of sp³-hybridized carbons (Fsp3) is 0.833. The summed E-state index contributed by atoms with van der Waals surface area (Å²) in [6.07, 6.45) is 3.33. The van der Waals surface area contributed by atoms with E-state index >= 15 is 0 Å². The second-order valence-corrected chi connectivity index (χ2v) is 18.2. The van der Waals surface area contributed by atoms with Gasteiger partial charge in [0.2, 0.25) is 0 Å². The molecule has 0 aromatic rings. The van der Waals surface area contributed by atoms with E-state index < -0.39 is 37.4 Å². The third-order valence-electron chi connectivity index (χ3n) is 11.1. The van der Waals surface area contributed by atoms with Crippen LogP contribution < -0.4 is 0 Å². The maximum atomic E-state index is 13.1. The van der Waals surface area contributed by atoms with E-state index in [1.165, 1.54) is 16.7 Å². The number of hydrogen-bond acceptors (Lipinski definition) is 6. The zero-order valence-electron chi connectivity index (χ0n) is 24.7. The number of ether oxygens (including phenoxy) is 4. The SMILES string of the molecule is CC[Si](CC)(CC)O[C@H]1C[C@@]23OC(=O)O[C@H]2[C@@H]2C(C)=CCC[C@@]2(C)[C@H]2OC(C)(C)O[C@@H]2C(=C1C)C3(C)C. The second-order valence-electron chi connectivity index (χ2n) is 13.5. The minimum atomic E-state index is -1.96. The molecule has 3 aliphatic carbocycles. The molecule has 7 heteroatoms. The third kappa shape index (κ3) is 3.70. The molecule has 5 aliphatic rings. The highest BCUT2D eigenvalue weighted by Gasteiger charge is 2.74. The molecule has 0 amide bonds. The lowest BCUT2D eigenvalue weighted by molar-refractivity contribution is -0.169. The Labute approximate surface area is 224 Å². The highest BCUT2D eigenvalue weighted by atomic mass is 28.4. The Kier molecular flexibility index (Phi) is 6.43. The molecule has 3 fully saturated rings. The van der Waals surface area contributed by atoms with Crippen molar-refractivity contribution in [3.63, 3.8) is 0 Å². The van der Waals surface area contributed by atoms with Crippen LogP contribution >= 0.6 is 0 Å². The van der Waals surface area contributed by atoms with Crippen LogP contribution in [0.5, 0.6) is 0 Å². The van der Waals surface area contributed by atoms with Crippen molar-refractivity contribution in [3.8, 4) is 0 Å². The molecule has 2 bridgehead atoms. The Bertz CT molecular complexity index is 1020. The number of hydrogen-bond donors (Lipinski definition) is 0. The van der Waals surface area contributed by atoms with E-state index in [2.05, 4.69) is 61.5 Å². The van der Waals surface area contributed by atoms with E-state index in [0.717, 1.165) is 31.0 Å². The van der Waals surface area contributed by atoms with Gasteiger partial charge in [-0.3, -0.25) is 0 Å². The summed E-state index contributed by atoms with van der Waals surface area (Å²) in [6.45, 7) is 22.0. The molecule has 5 rings (SSSR count). The number of carbonyl (C=O) groups excluding carboxylic acids is 1. The molecule has 0 aromatic carbocycles. The van der Waals surface area contributed by atoms with Crippen molar-refractivity contribution in [3.05, 3.63) is 22.8 Å². The molecule has 0 N–H and O–H groups in total. The molecule has 0 radical (unpaired) electrons. The summed E-state index contributed by atoms with van der Waals surface area (Å²) in [6, 6.07) is 3.20. The zero-order chi connectivity index (χ0) is 27.2. The van der Waals surface area contributed by atoms with Crippen molar-refractivity contribution in [1.29, 1.82) is 0 Å². The third-order valence-corrected chi connectivity index (χ3v) is 15.7. The first-order valence-electron chi connectivity index (χ1n) is 14.5. The van der Waals surface area contributed by atoms with Gasteiger partial charge in [-0.2, -0.15) is 0 Å². The molecule has 208 valence electrons. The van der Waals surface area contributed by atoms with Crippen LogP contribution in [0.2, 0.25) is 18.1 Å². The standard InChI is InChI=1S/C30H48O6Si/c1-11-37(12-2,13-3)36-20-17-30-24(32-26(31)35-30)21-18(4)15-14-16-29(21,10)25-23(33-28(8,9)34-25)22(19(20)5)27(30,6)7/h15,20-21,23-25H,11-14,16-17H2,1-10H3/t20-,21-,23+,24-,25-,29+,30+/m0/s1. The molecule has 0 unspecified atom stereocenters. The van der Waals surface area contributed by atoms with Crippen LogP contribution in [-0.4, -0.2) is 50.3 Å². The van der Waals surface area contributed by atoms with Gasteiger partial charge in [-0.15, -0.1) is 0 Å². The Morgan fingerprint density at radius 2 is 1.65 bits per heavy atom. The smallest absolute Gasteiger partial charge is 0.426 e. The minimum absolute atomic E-state index is 0.0249. The summed E-state index contributed by atoms with van der Waals surface area (Å²) >= 11 is 0. The first-order valence-corrected chi connectivity index (χ1v) is 17.0. The summed E-state index contributed by atoms with van der Waals surface area (Å²) in [7, 11) is -1.96. The van der Waals surface area contributed by atoms with Crippen molar-refractivity contribution < 1.29 is 28.2 Å². The topological polar surface area (TPSA) is 63.2 Å². The molecule has 6 nitrogen and oxygen atoms in total. The predicted octanol–water partition coefficient (Wildman–Crippen LogP) is 7.29. The van der Waals surface area contributed by atoms with E-state index in [4.69, 9.17) is 23.4 Å². The van der Waals surface area contributed by atoms with Gasteiger partial charge in [0.05, 0.1) is 12.2 Å². The van der Waals surface area contributed by atoms with Gasteiger partial charge >= 0.3 is 6.16 Å². The first kappa shape index (κ1) is 27.4. The van der Waals surface area contributed by atoms with Crippen molar-refractivity contribution in [2.75, 3.05) is 0 Å². The fourth-order valence-corrected chi connectivity index (χ4v) is 11.6. The molecule has 7 atom stereocenters. The van der Waals surface area contributed by atoms with Gasteiger partial charge in [0.1, 0.15) is 6.10 Å². The maximum Gasteiger partial charge on any atom is 0.509 e. The zero-order valence-corrected chi connectivity index (χ0v) is 25.7. The van der Waals surface area contributed by atoms with Crippen LogP contribution in [0.4, 0.5) is 4.79 Å². The molecule has 37 heavy (non-hydrogen) atoms. The van der Waals surface area contributed by atoms with E-state index in [0.29, 0.717) is 6.42 Å². The normalized spacial score (nSPS) is 42.1. The van der Waals surface area contributed by atoms with Crippen LogP contribution in [-0.2, 0) is 23.4 Å². The lowest BCUT2D eigenvalue weighted by atomic mass is 9.48. The molecule has 2 aliphatic heterocycles. The van der Waals surface area contributed by atoms with Gasteiger partial charge in [0.15, 0.2) is 25.8 Å². The molecular formula is C30H48O6Si. The van der Waals surface area contributed by atoms with Gasteiger partial charge in [-0.25, -0.2) is 4.79 Å². The molecule has 1 spiro atoms. The highest BCUT2D eigenvalue weighted by molar-refractivity contribution is 6.73. The fourth-order valence-electron chi connectivity index (χ4n) is 8.77. The summed E-state index contributed by atoms with van der Waals surface area (Å²) < 4.78 is 33.5. The average Bonchev–Trinajstić information content (AvgIpc) is 3.32. The van der Waals surface area contributed by atoms with Crippen molar-refractivity contribution in [2.24, 2.45) is 16.7 Å². The van der Waals surface area contributed by atoms with Crippen molar-refractivity contribution in [2.45, 2.75) is 142 Å². The predicted molar refractivity (Wildman–Crippen MR) is 146 cm³/mol. The molecule has 2 saturated heterocycles. The van der Waals surface area contributed by atoms with Crippen LogP contribution in [0.1, 0.15) is 88.5 Å². The summed E-state index contributed by atoms with van der Waals surface area (Å²) in [4.78, 5) is 13.1. The molecule has 1 saturated carbocycles. The van der Waals surface area contributed by atoms with Crippen molar-refractivity contribution >= 4 is 14.5 Å².